The van der Waals surface area contributed by atoms with Gasteiger partial charge in [0.2, 0.25) is 5.89 Å². The van der Waals surface area contributed by atoms with Gasteiger partial charge in [0.15, 0.2) is 0 Å². The van der Waals surface area contributed by atoms with Gasteiger partial charge in [-0.3, -0.25) is 0 Å². The van der Waals surface area contributed by atoms with Crippen LogP contribution in [0.3, 0.4) is 0 Å². The molecule has 0 aliphatic rings. The van der Waals surface area contributed by atoms with Gasteiger partial charge in [0.05, 0.1) is 5.69 Å². The van der Waals surface area contributed by atoms with Gasteiger partial charge < -0.3 is 15.5 Å². The highest BCUT2D eigenvalue weighted by atomic mass is 16.3. The van der Waals surface area contributed by atoms with Crippen molar-refractivity contribution in [1.82, 2.24) is 10.3 Å². The van der Waals surface area contributed by atoms with Crippen molar-refractivity contribution in [2.45, 2.75) is 46.6 Å². The van der Waals surface area contributed by atoms with Gasteiger partial charge >= 0.3 is 0 Å². The highest BCUT2D eigenvalue weighted by molar-refractivity contribution is 5.53. The number of nitrogens with one attached hydrogen (secondary N) is 1. The van der Waals surface area contributed by atoms with Gasteiger partial charge in [-0.05, 0) is 42.5 Å². The van der Waals surface area contributed by atoms with Crippen LogP contribution in [0.15, 0.2) is 34.9 Å². The van der Waals surface area contributed by atoms with Crippen molar-refractivity contribution >= 4 is 0 Å². The second-order valence-corrected chi connectivity index (χ2v) is 6.92. The molecule has 0 fully saturated rings. The maximum atomic E-state index is 5.73. The predicted molar refractivity (Wildman–Crippen MR) is 95.1 cm³/mol. The molecule has 1 aromatic carbocycles. The summed E-state index contributed by atoms with van der Waals surface area (Å²) in [5.74, 6) is 0.682. The second kappa shape index (κ2) is 8.27. The van der Waals surface area contributed by atoms with Gasteiger partial charge in [-0.2, -0.15) is 0 Å². The van der Waals surface area contributed by atoms with E-state index in [1.807, 2.05) is 0 Å². The Morgan fingerprint density at radius 1 is 1.22 bits per heavy atom. The number of nitrogens with two attached hydrogens (primary N) is 1. The van der Waals surface area contributed by atoms with Gasteiger partial charge in [-0.25, -0.2) is 4.98 Å². The van der Waals surface area contributed by atoms with E-state index < -0.39 is 0 Å². The number of nitrogens with zero attached hydrogens (tertiary/aromatic N) is 1. The minimum absolute atomic E-state index is 0.0981. The molecule has 0 radical (unpaired) electrons. The molecule has 0 saturated carbocycles. The summed E-state index contributed by atoms with van der Waals surface area (Å²) in [6.07, 6.45) is 5.31. The first-order valence-corrected chi connectivity index (χ1v) is 8.48. The minimum Gasteiger partial charge on any atom is -0.444 e. The Morgan fingerprint density at radius 3 is 2.61 bits per heavy atom. The molecule has 0 spiro atoms. The van der Waals surface area contributed by atoms with Crippen LogP contribution in [0.25, 0.3) is 11.5 Å². The summed E-state index contributed by atoms with van der Waals surface area (Å²) in [7, 11) is 0. The van der Waals surface area contributed by atoms with Crippen molar-refractivity contribution in [3.8, 4) is 11.5 Å². The number of aromatic nitrogens is 1. The number of oxazole rings is 1. The van der Waals surface area contributed by atoms with E-state index in [9.17, 15) is 0 Å². The smallest absolute Gasteiger partial charge is 0.226 e. The summed E-state index contributed by atoms with van der Waals surface area (Å²) in [4.78, 5) is 4.56. The Labute approximate surface area is 139 Å². The molecule has 0 unspecified atom stereocenters. The Kier molecular flexibility index (Phi) is 6.37. The normalized spacial score (nSPS) is 11.8. The van der Waals surface area contributed by atoms with Gasteiger partial charge in [0.25, 0.3) is 0 Å². The average Bonchev–Trinajstić information content (AvgIpc) is 3.02. The van der Waals surface area contributed by atoms with Crippen molar-refractivity contribution in [1.29, 1.82) is 0 Å². The number of hydrogen-bond donors (Lipinski definition) is 2. The van der Waals surface area contributed by atoms with Crippen LogP contribution in [0.2, 0.25) is 0 Å². The van der Waals surface area contributed by atoms with Crippen LogP contribution in [0, 0.1) is 5.41 Å². The molecule has 3 N–H and O–H groups in total. The molecule has 2 rings (SSSR count). The van der Waals surface area contributed by atoms with Crippen LogP contribution >= 0.6 is 0 Å². The van der Waals surface area contributed by atoms with Gasteiger partial charge in [0, 0.05) is 18.7 Å². The van der Waals surface area contributed by atoms with Crippen molar-refractivity contribution < 1.29 is 4.42 Å². The zero-order valence-corrected chi connectivity index (χ0v) is 14.6. The monoisotopic (exact) mass is 315 g/mol. The molecule has 2 aromatic rings. The van der Waals surface area contributed by atoms with E-state index in [-0.39, 0.29) is 5.41 Å². The Balaban J connectivity index is 1.91. The van der Waals surface area contributed by atoms with E-state index in [1.165, 1.54) is 18.4 Å². The molecule has 126 valence electrons. The van der Waals surface area contributed by atoms with Gasteiger partial charge in [-0.15, -0.1) is 0 Å². The lowest BCUT2D eigenvalue weighted by Gasteiger charge is -2.22. The molecule has 1 aromatic heterocycles. The zero-order valence-electron chi connectivity index (χ0n) is 14.6. The standard InChI is InChI=1S/C19H29N3O/c1-4-5-6-15-7-9-16(10-8-15)18-22-17(12-23-18)11-21-14-19(2,3)13-20/h7-10,12,21H,4-6,11,13-14,20H2,1-3H3. The molecule has 0 amide bonds. The highest BCUT2D eigenvalue weighted by Crippen LogP contribution is 2.20. The molecule has 0 aliphatic heterocycles. The molecule has 0 bridgehead atoms. The first kappa shape index (κ1) is 17.7. The number of aryl methyl sites for hydroxylation is 1. The van der Waals surface area contributed by atoms with Crippen molar-refractivity contribution in [3.63, 3.8) is 0 Å². The summed E-state index contributed by atoms with van der Waals surface area (Å²) in [5.41, 5.74) is 9.15. The third-order valence-electron chi connectivity index (χ3n) is 4.03. The number of hydrogen-bond acceptors (Lipinski definition) is 4. The summed E-state index contributed by atoms with van der Waals surface area (Å²) in [5, 5.41) is 3.39. The van der Waals surface area contributed by atoms with E-state index in [2.05, 4.69) is 55.3 Å². The van der Waals surface area contributed by atoms with Crippen molar-refractivity contribution in [2.24, 2.45) is 11.1 Å². The highest BCUT2D eigenvalue weighted by Gasteiger charge is 2.15. The van der Waals surface area contributed by atoms with Crippen LogP contribution in [-0.4, -0.2) is 18.1 Å². The van der Waals surface area contributed by atoms with Crippen molar-refractivity contribution in [3.05, 3.63) is 41.8 Å². The topological polar surface area (TPSA) is 64.1 Å². The molecule has 1 heterocycles. The van der Waals surface area contributed by atoms with Crippen molar-refractivity contribution in [2.75, 3.05) is 13.1 Å². The molecule has 0 saturated heterocycles. The Hall–Kier alpha value is -1.65. The van der Waals surface area contributed by atoms with Crippen LogP contribution in [-0.2, 0) is 13.0 Å². The number of unbranched alkanes of at least 4 members (excludes halogenated alkanes) is 1. The van der Waals surface area contributed by atoms with Gasteiger partial charge in [0.1, 0.15) is 6.26 Å². The zero-order chi connectivity index (χ0) is 16.7. The SMILES string of the molecule is CCCCc1ccc(-c2nc(CNCC(C)(C)CN)co2)cc1. The maximum absolute atomic E-state index is 5.73. The lowest BCUT2D eigenvalue weighted by molar-refractivity contribution is 0.350. The Morgan fingerprint density at radius 2 is 1.96 bits per heavy atom. The first-order chi connectivity index (χ1) is 11.0. The molecule has 4 heteroatoms. The third kappa shape index (κ3) is 5.48. The van der Waals surface area contributed by atoms with E-state index in [0.29, 0.717) is 19.0 Å². The fraction of sp³-hybridized carbons (Fsp3) is 0.526. The summed E-state index contributed by atoms with van der Waals surface area (Å²) in [6, 6.07) is 8.50. The van der Waals surface area contributed by atoms with E-state index in [1.54, 1.807) is 6.26 Å². The van der Waals surface area contributed by atoms with E-state index in [4.69, 9.17) is 10.2 Å². The predicted octanol–water partition coefficient (Wildman–Crippen LogP) is 3.76. The van der Waals surface area contributed by atoms with E-state index >= 15 is 0 Å². The van der Waals surface area contributed by atoms with Crippen LogP contribution < -0.4 is 11.1 Å². The fourth-order valence-electron chi connectivity index (χ4n) is 2.32. The van der Waals surface area contributed by atoms with E-state index in [0.717, 1.165) is 24.2 Å². The third-order valence-corrected chi connectivity index (χ3v) is 4.03. The molecule has 0 aliphatic carbocycles. The number of benzene rings is 1. The summed E-state index contributed by atoms with van der Waals surface area (Å²) >= 11 is 0. The quantitative estimate of drug-likeness (QED) is 0.739. The van der Waals surface area contributed by atoms with Crippen LogP contribution in [0.1, 0.15) is 44.9 Å². The molecular formula is C19H29N3O. The lowest BCUT2D eigenvalue weighted by atomic mass is 9.94. The maximum Gasteiger partial charge on any atom is 0.226 e. The molecule has 0 atom stereocenters. The van der Waals surface area contributed by atoms with Crippen LogP contribution in [0.5, 0.6) is 0 Å². The minimum atomic E-state index is 0.0981. The fourth-order valence-corrected chi connectivity index (χ4v) is 2.32. The molecule has 23 heavy (non-hydrogen) atoms. The molecule has 4 nitrogen and oxygen atoms in total. The Bertz CT molecular complexity index is 587. The molecular weight excluding hydrogens is 286 g/mol. The number of rotatable bonds is 9. The second-order valence-electron chi connectivity index (χ2n) is 6.92. The largest absolute Gasteiger partial charge is 0.444 e. The first-order valence-electron chi connectivity index (χ1n) is 8.48. The summed E-state index contributed by atoms with van der Waals surface area (Å²) < 4.78 is 5.60. The van der Waals surface area contributed by atoms with Crippen LogP contribution in [0.4, 0.5) is 0 Å². The lowest BCUT2D eigenvalue weighted by Crippen LogP contribution is -2.35. The van der Waals surface area contributed by atoms with Gasteiger partial charge in [-0.1, -0.05) is 39.3 Å². The average molecular weight is 315 g/mol. The summed E-state index contributed by atoms with van der Waals surface area (Å²) in [6.45, 7) is 8.72.